The van der Waals surface area contributed by atoms with Crippen LogP contribution in [0.1, 0.15) is 12.7 Å². The summed E-state index contributed by atoms with van der Waals surface area (Å²) in [7, 11) is 1.85. The summed E-state index contributed by atoms with van der Waals surface area (Å²) in [6, 6.07) is -0.434. The van der Waals surface area contributed by atoms with Gasteiger partial charge in [0.1, 0.15) is 18.2 Å². The maximum Gasteiger partial charge on any atom is 0.322 e. The molecule has 1 atom stereocenters. The molecule has 1 aliphatic heterocycles. The highest BCUT2D eigenvalue weighted by molar-refractivity contribution is 5.73. The molecular formula is C11H19N5O2. The summed E-state index contributed by atoms with van der Waals surface area (Å²) in [6.07, 6.45) is 1.55. The second kappa shape index (κ2) is 5.45. The number of likely N-dealkylation sites (N-methyl/N-ethyl adjacent to an activating group) is 1. The van der Waals surface area contributed by atoms with Crippen molar-refractivity contribution in [3.63, 3.8) is 0 Å². The number of aliphatic carboxylic acids is 1. The van der Waals surface area contributed by atoms with E-state index in [1.165, 1.54) is 0 Å². The Labute approximate surface area is 106 Å². The van der Waals surface area contributed by atoms with Gasteiger partial charge in [-0.3, -0.25) is 14.6 Å². The number of hydrogen-bond acceptors (Lipinski definition) is 5. The number of aryl methyl sites for hydroxylation is 1. The van der Waals surface area contributed by atoms with E-state index in [1.807, 2.05) is 23.6 Å². The fourth-order valence-corrected chi connectivity index (χ4v) is 2.22. The third-order valence-corrected chi connectivity index (χ3v) is 3.38. The van der Waals surface area contributed by atoms with E-state index in [0.29, 0.717) is 13.1 Å². The lowest BCUT2D eigenvalue weighted by Crippen LogP contribution is -2.54. The van der Waals surface area contributed by atoms with Gasteiger partial charge in [0.2, 0.25) is 0 Å². The van der Waals surface area contributed by atoms with Gasteiger partial charge in [-0.15, -0.1) is 0 Å². The molecule has 0 spiro atoms. The van der Waals surface area contributed by atoms with E-state index in [2.05, 4.69) is 15.0 Å². The molecule has 1 aromatic heterocycles. The van der Waals surface area contributed by atoms with Crippen molar-refractivity contribution in [2.24, 2.45) is 0 Å². The number of hydrogen-bond donors (Lipinski definition) is 1. The third-order valence-electron chi connectivity index (χ3n) is 3.38. The Morgan fingerprint density at radius 2 is 2.33 bits per heavy atom. The molecule has 0 unspecified atom stereocenters. The first-order chi connectivity index (χ1) is 8.61. The average Bonchev–Trinajstić information content (AvgIpc) is 2.78. The topological polar surface area (TPSA) is 74.5 Å². The highest BCUT2D eigenvalue weighted by atomic mass is 16.4. The Morgan fingerprint density at radius 3 is 3.00 bits per heavy atom. The van der Waals surface area contributed by atoms with E-state index in [9.17, 15) is 4.79 Å². The zero-order valence-corrected chi connectivity index (χ0v) is 10.8. The van der Waals surface area contributed by atoms with E-state index in [-0.39, 0.29) is 0 Å². The minimum atomic E-state index is -0.765. The van der Waals surface area contributed by atoms with Crippen LogP contribution < -0.4 is 0 Å². The first-order valence-electron chi connectivity index (χ1n) is 6.14. The quantitative estimate of drug-likeness (QED) is 0.779. The highest BCUT2D eigenvalue weighted by Gasteiger charge is 2.30. The van der Waals surface area contributed by atoms with Crippen LogP contribution in [0, 0.1) is 0 Å². The van der Waals surface area contributed by atoms with Crippen LogP contribution in [0.25, 0.3) is 0 Å². The summed E-state index contributed by atoms with van der Waals surface area (Å²) in [5, 5.41) is 13.3. The third kappa shape index (κ3) is 2.68. The molecule has 0 amide bonds. The van der Waals surface area contributed by atoms with Crippen molar-refractivity contribution < 1.29 is 9.90 Å². The Bertz CT molecular complexity index is 419. The molecule has 1 saturated heterocycles. The predicted octanol–water partition coefficient (Wildman–Crippen LogP) is -0.501. The molecule has 1 fully saturated rings. The van der Waals surface area contributed by atoms with E-state index < -0.39 is 12.0 Å². The fourth-order valence-electron chi connectivity index (χ4n) is 2.22. The van der Waals surface area contributed by atoms with Crippen LogP contribution in [0.4, 0.5) is 0 Å². The standard InChI is InChI=1S/C11H19N5O2/c1-3-16-10(12-8-13-16)7-15-5-4-14(2)9(6-15)11(17)18/h8-9H,3-7H2,1-2H3,(H,17,18)/t9-/m1/s1. The van der Waals surface area contributed by atoms with Gasteiger partial charge < -0.3 is 5.11 Å². The summed E-state index contributed by atoms with van der Waals surface area (Å²) in [5.74, 6) is 0.130. The Hall–Kier alpha value is -1.47. The van der Waals surface area contributed by atoms with Crippen LogP contribution in [0.3, 0.4) is 0 Å². The SMILES string of the molecule is CCn1ncnc1CN1CCN(C)[C@@H](C(=O)O)C1. The van der Waals surface area contributed by atoms with Crippen LogP contribution in [-0.4, -0.2) is 68.4 Å². The molecular weight excluding hydrogens is 234 g/mol. The normalized spacial score (nSPS) is 22.2. The van der Waals surface area contributed by atoms with Gasteiger partial charge in [-0.2, -0.15) is 5.10 Å². The zero-order valence-electron chi connectivity index (χ0n) is 10.8. The van der Waals surface area contributed by atoms with Gasteiger partial charge in [0.15, 0.2) is 0 Å². The first-order valence-corrected chi connectivity index (χ1v) is 6.14. The van der Waals surface area contributed by atoms with Crippen LogP contribution in [0.15, 0.2) is 6.33 Å². The summed E-state index contributed by atoms with van der Waals surface area (Å²) in [6.45, 7) is 5.61. The van der Waals surface area contributed by atoms with Gasteiger partial charge in [0, 0.05) is 26.2 Å². The van der Waals surface area contributed by atoms with Gasteiger partial charge in [0.05, 0.1) is 6.54 Å². The minimum Gasteiger partial charge on any atom is -0.480 e. The first kappa shape index (κ1) is 13.0. The molecule has 0 aliphatic carbocycles. The summed E-state index contributed by atoms with van der Waals surface area (Å²) >= 11 is 0. The van der Waals surface area contributed by atoms with E-state index >= 15 is 0 Å². The number of rotatable bonds is 4. The molecule has 1 aliphatic rings. The molecule has 2 rings (SSSR count). The summed E-state index contributed by atoms with van der Waals surface area (Å²) < 4.78 is 1.84. The number of carboxylic acid groups (broad SMARTS) is 1. The largest absolute Gasteiger partial charge is 0.480 e. The number of carbonyl (C=O) groups is 1. The summed E-state index contributed by atoms with van der Waals surface area (Å²) in [4.78, 5) is 19.4. The molecule has 0 radical (unpaired) electrons. The molecule has 18 heavy (non-hydrogen) atoms. The van der Waals surface area contributed by atoms with Crippen molar-refractivity contribution in [2.75, 3.05) is 26.7 Å². The molecule has 100 valence electrons. The van der Waals surface area contributed by atoms with Crippen LogP contribution in [0.2, 0.25) is 0 Å². The second-order valence-corrected chi connectivity index (χ2v) is 4.56. The number of carboxylic acids is 1. The van der Waals surface area contributed by atoms with Gasteiger partial charge in [0.25, 0.3) is 0 Å². The second-order valence-electron chi connectivity index (χ2n) is 4.56. The molecule has 7 nitrogen and oxygen atoms in total. The number of piperazine rings is 1. The van der Waals surface area contributed by atoms with Gasteiger partial charge in [-0.05, 0) is 14.0 Å². The molecule has 1 N–H and O–H groups in total. The maximum atomic E-state index is 11.1. The Morgan fingerprint density at radius 1 is 1.56 bits per heavy atom. The van der Waals surface area contributed by atoms with Crippen LogP contribution >= 0.6 is 0 Å². The predicted molar refractivity (Wildman–Crippen MR) is 65.0 cm³/mol. The molecule has 7 heteroatoms. The minimum absolute atomic E-state index is 0.434. The van der Waals surface area contributed by atoms with Gasteiger partial charge in [-0.25, -0.2) is 9.67 Å². The Balaban J connectivity index is 2.00. The lowest BCUT2D eigenvalue weighted by atomic mass is 10.2. The van der Waals surface area contributed by atoms with Crippen LogP contribution in [-0.2, 0) is 17.9 Å². The molecule has 0 saturated carbocycles. The van der Waals surface area contributed by atoms with Crippen molar-refractivity contribution in [1.29, 1.82) is 0 Å². The van der Waals surface area contributed by atoms with E-state index in [1.54, 1.807) is 6.33 Å². The molecule has 0 aromatic carbocycles. The van der Waals surface area contributed by atoms with E-state index in [0.717, 1.165) is 25.5 Å². The smallest absolute Gasteiger partial charge is 0.322 e. The molecule has 0 bridgehead atoms. The maximum absolute atomic E-state index is 11.1. The van der Waals surface area contributed by atoms with Gasteiger partial charge >= 0.3 is 5.97 Å². The molecule has 2 heterocycles. The monoisotopic (exact) mass is 253 g/mol. The van der Waals surface area contributed by atoms with Crippen molar-refractivity contribution in [2.45, 2.75) is 26.1 Å². The number of aromatic nitrogens is 3. The number of nitrogens with zero attached hydrogens (tertiary/aromatic N) is 5. The lowest BCUT2D eigenvalue weighted by Gasteiger charge is -2.36. The summed E-state index contributed by atoms with van der Waals surface area (Å²) in [5.41, 5.74) is 0. The van der Waals surface area contributed by atoms with Crippen molar-refractivity contribution in [3.8, 4) is 0 Å². The zero-order chi connectivity index (χ0) is 13.1. The van der Waals surface area contributed by atoms with Crippen molar-refractivity contribution >= 4 is 5.97 Å². The fraction of sp³-hybridized carbons (Fsp3) is 0.727. The lowest BCUT2D eigenvalue weighted by molar-refractivity contribution is -0.145. The van der Waals surface area contributed by atoms with Crippen molar-refractivity contribution in [3.05, 3.63) is 12.2 Å². The average molecular weight is 253 g/mol. The van der Waals surface area contributed by atoms with Crippen LogP contribution in [0.5, 0.6) is 0 Å². The van der Waals surface area contributed by atoms with Crippen molar-refractivity contribution in [1.82, 2.24) is 24.6 Å². The Kier molecular flexibility index (Phi) is 3.93. The highest BCUT2D eigenvalue weighted by Crippen LogP contribution is 2.11. The van der Waals surface area contributed by atoms with E-state index in [4.69, 9.17) is 5.11 Å². The molecule has 1 aromatic rings. The van der Waals surface area contributed by atoms with Gasteiger partial charge in [-0.1, -0.05) is 0 Å².